The van der Waals surface area contributed by atoms with E-state index in [0.29, 0.717) is 11.1 Å². The molecule has 84 valence electrons. The first-order chi connectivity index (χ1) is 6.73. The van der Waals surface area contributed by atoms with Gasteiger partial charge in [-0.3, -0.25) is 0 Å². The average Bonchev–Trinajstić information content (AvgIpc) is 1.99. The SMILES string of the molecule is Cc1cc(C)c([C@@H](O)C(F)(F)F)c(C)c1. The Morgan fingerprint density at radius 2 is 1.47 bits per heavy atom. The average molecular weight is 218 g/mol. The number of hydrogen-bond donors (Lipinski definition) is 1. The summed E-state index contributed by atoms with van der Waals surface area (Å²) in [7, 11) is 0. The highest BCUT2D eigenvalue weighted by molar-refractivity contribution is 5.39. The zero-order valence-electron chi connectivity index (χ0n) is 8.81. The molecule has 0 aliphatic carbocycles. The minimum Gasteiger partial charge on any atom is -0.379 e. The maximum atomic E-state index is 12.3. The number of aryl methyl sites for hydroxylation is 3. The van der Waals surface area contributed by atoms with Gasteiger partial charge < -0.3 is 5.11 Å². The van der Waals surface area contributed by atoms with Crippen molar-refractivity contribution in [1.82, 2.24) is 0 Å². The lowest BCUT2D eigenvalue weighted by Crippen LogP contribution is -2.22. The van der Waals surface area contributed by atoms with Crippen molar-refractivity contribution < 1.29 is 18.3 Å². The molecule has 1 aromatic rings. The minimum atomic E-state index is -4.61. The molecule has 0 radical (unpaired) electrons. The molecule has 0 amide bonds. The van der Waals surface area contributed by atoms with Gasteiger partial charge in [0.1, 0.15) is 0 Å². The first kappa shape index (κ1) is 12.0. The number of hydrogen-bond acceptors (Lipinski definition) is 1. The summed E-state index contributed by atoms with van der Waals surface area (Å²) in [5.41, 5.74) is 1.80. The van der Waals surface area contributed by atoms with Gasteiger partial charge in [0, 0.05) is 0 Å². The van der Waals surface area contributed by atoms with Crippen LogP contribution in [0.1, 0.15) is 28.4 Å². The molecule has 1 N–H and O–H groups in total. The van der Waals surface area contributed by atoms with Crippen LogP contribution < -0.4 is 0 Å². The molecule has 1 nitrogen and oxygen atoms in total. The van der Waals surface area contributed by atoms with Crippen molar-refractivity contribution in [3.63, 3.8) is 0 Å². The molecule has 1 aromatic carbocycles. The summed E-state index contributed by atoms with van der Waals surface area (Å²) in [6.45, 7) is 4.96. The van der Waals surface area contributed by atoms with Crippen LogP contribution in [0.5, 0.6) is 0 Å². The second kappa shape index (κ2) is 3.85. The standard InChI is InChI=1S/C11H13F3O/c1-6-4-7(2)9(8(3)5-6)10(15)11(12,13)14/h4-5,10,15H,1-3H3/t10-/m1/s1. The third kappa shape index (κ3) is 2.50. The lowest BCUT2D eigenvalue weighted by Gasteiger charge is -2.19. The molecule has 0 aliphatic rings. The highest BCUT2D eigenvalue weighted by Gasteiger charge is 2.40. The summed E-state index contributed by atoms with van der Waals surface area (Å²) in [6, 6.07) is 3.27. The van der Waals surface area contributed by atoms with Gasteiger partial charge in [-0.1, -0.05) is 17.7 Å². The number of halogens is 3. The number of aliphatic hydroxyl groups is 1. The third-order valence-electron chi connectivity index (χ3n) is 2.32. The molecule has 4 heteroatoms. The molecular formula is C11H13F3O. The predicted octanol–water partition coefficient (Wildman–Crippen LogP) is 3.21. The van der Waals surface area contributed by atoms with E-state index in [9.17, 15) is 18.3 Å². The highest BCUT2D eigenvalue weighted by atomic mass is 19.4. The normalized spacial score (nSPS) is 14.1. The van der Waals surface area contributed by atoms with E-state index in [0.717, 1.165) is 5.56 Å². The molecule has 0 fully saturated rings. The number of rotatable bonds is 1. The van der Waals surface area contributed by atoms with E-state index in [1.54, 1.807) is 26.0 Å². The van der Waals surface area contributed by atoms with Gasteiger partial charge >= 0.3 is 6.18 Å². The lowest BCUT2D eigenvalue weighted by molar-refractivity contribution is -0.207. The van der Waals surface area contributed by atoms with Gasteiger partial charge in [0.15, 0.2) is 6.10 Å². The maximum absolute atomic E-state index is 12.3. The van der Waals surface area contributed by atoms with Crippen LogP contribution >= 0.6 is 0 Å². The van der Waals surface area contributed by atoms with Crippen molar-refractivity contribution in [2.24, 2.45) is 0 Å². The van der Waals surface area contributed by atoms with Crippen molar-refractivity contribution in [2.45, 2.75) is 33.1 Å². The van der Waals surface area contributed by atoms with Crippen molar-refractivity contribution in [2.75, 3.05) is 0 Å². The summed E-state index contributed by atoms with van der Waals surface area (Å²) in [4.78, 5) is 0. The van der Waals surface area contributed by atoms with Crippen LogP contribution in [0.15, 0.2) is 12.1 Å². The van der Waals surface area contributed by atoms with Gasteiger partial charge in [-0.05, 0) is 37.5 Å². The van der Waals surface area contributed by atoms with Crippen LogP contribution in [0.2, 0.25) is 0 Å². The van der Waals surface area contributed by atoms with Gasteiger partial charge in [0.2, 0.25) is 0 Å². The predicted molar refractivity (Wildman–Crippen MR) is 51.7 cm³/mol. The summed E-state index contributed by atoms with van der Waals surface area (Å²) >= 11 is 0. The van der Waals surface area contributed by atoms with Crippen LogP contribution in [-0.4, -0.2) is 11.3 Å². The first-order valence-corrected chi connectivity index (χ1v) is 4.56. The molecule has 0 bridgehead atoms. The Balaban J connectivity index is 3.26. The Morgan fingerprint density at radius 3 is 1.80 bits per heavy atom. The topological polar surface area (TPSA) is 20.2 Å². The Kier molecular flexibility index (Phi) is 3.09. The molecule has 0 saturated heterocycles. The van der Waals surface area contributed by atoms with E-state index < -0.39 is 12.3 Å². The Morgan fingerprint density at radius 1 is 1.07 bits per heavy atom. The largest absolute Gasteiger partial charge is 0.418 e. The fourth-order valence-electron chi connectivity index (χ4n) is 1.79. The summed E-state index contributed by atoms with van der Waals surface area (Å²) in [5, 5.41) is 9.18. The number of benzene rings is 1. The summed E-state index contributed by atoms with van der Waals surface area (Å²) in [6.07, 6.45) is -7.00. The molecular weight excluding hydrogens is 205 g/mol. The zero-order valence-corrected chi connectivity index (χ0v) is 8.81. The summed E-state index contributed by atoms with van der Waals surface area (Å²) in [5.74, 6) is 0. The molecule has 0 spiro atoms. The number of alkyl halides is 3. The van der Waals surface area contributed by atoms with Gasteiger partial charge in [-0.2, -0.15) is 13.2 Å². The monoisotopic (exact) mass is 218 g/mol. The van der Waals surface area contributed by atoms with Crippen molar-refractivity contribution in [3.8, 4) is 0 Å². The van der Waals surface area contributed by atoms with Gasteiger partial charge in [-0.15, -0.1) is 0 Å². The molecule has 15 heavy (non-hydrogen) atoms. The van der Waals surface area contributed by atoms with Crippen molar-refractivity contribution in [3.05, 3.63) is 34.4 Å². The van der Waals surface area contributed by atoms with E-state index in [2.05, 4.69) is 0 Å². The van der Waals surface area contributed by atoms with Gasteiger partial charge in [-0.25, -0.2) is 0 Å². The lowest BCUT2D eigenvalue weighted by atomic mass is 9.95. The Bertz CT molecular complexity index is 346. The molecule has 0 saturated carbocycles. The third-order valence-corrected chi connectivity index (χ3v) is 2.32. The van der Waals surface area contributed by atoms with Crippen LogP contribution in [0, 0.1) is 20.8 Å². The minimum absolute atomic E-state index is 0.0342. The molecule has 0 aliphatic heterocycles. The van der Waals surface area contributed by atoms with E-state index >= 15 is 0 Å². The molecule has 1 atom stereocenters. The fourth-order valence-corrected chi connectivity index (χ4v) is 1.79. The van der Waals surface area contributed by atoms with E-state index in [4.69, 9.17) is 0 Å². The quantitative estimate of drug-likeness (QED) is 0.767. The summed E-state index contributed by atoms with van der Waals surface area (Å²) < 4.78 is 37.0. The molecule has 1 rings (SSSR count). The smallest absolute Gasteiger partial charge is 0.379 e. The van der Waals surface area contributed by atoms with Gasteiger partial charge in [0.05, 0.1) is 0 Å². The highest BCUT2D eigenvalue weighted by Crippen LogP contribution is 2.35. The number of aliphatic hydroxyl groups excluding tert-OH is 1. The van der Waals surface area contributed by atoms with Crippen LogP contribution in [0.4, 0.5) is 13.2 Å². The van der Waals surface area contributed by atoms with Crippen LogP contribution in [0.25, 0.3) is 0 Å². The molecule has 0 aromatic heterocycles. The molecule has 0 heterocycles. The molecule has 0 unspecified atom stereocenters. The van der Waals surface area contributed by atoms with E-state index in [1.165, 1.54) is 0 Å². The van der Waals surface area contributed by atoms with Crippen molar-refractivity contribution >= 4 is 0 Å². The van der Waals surface area contributed by atoms with E-state index in [-0.39, 0.29) is 5.56 Å². The maximum Gasteiger partial charge on any atom is 0.418 e. The van der Waals surface area contributed by atoms with Gasteiger partial charge in [0.25, 0.3) is 0 Å². The second-order valence-electron chi connectivity index (χ2n) is 3.76. The van der Waals surface area contributed by atoms with Crippen LogP contribution in [-0.2, 0) is 0 Å². The fraction of sp³-hybridized carbons (Fsp3) is 0.455. The zero-order chi connectivity index (χ0) is 11.8. The van der Waals surface area contributed by atoms with E-state index in [1.807, 2.05) is 6.92 Å². The Labute approximate surface area is 86.5 Å². The van der Waals surface area contributed by atoms with Crippen molar-refractivity contribution in [1.29, 1.82) is 0 Å². The van der Waals surface area contributed by atoms with Crippen LogP contribution in [0.3, 0.4) is 0 Å². The Hall–Kier alpha value is -1.03. The first-order valence-electron chi connectivity index (χ1n) is 4.56. The second-order valence-corrected chi connectivity index (χ2v) is 3.76.